The van der Waals surface area contributed by atoms with E-state index in [1.165, 1.54) is 7.11 Å². The van der Waals surface area contributed by atoms with Gasteiger partial charge in [-0.05, 0) is 53.0 Å². The van der Waals surface area contributed by atoms with Crippen molar-refractivity contribution in [1.82, 2.24) is 0 Å². The first-order chi connectivity index (χ1) is 16.1. The van der Waals surface area contributed by atoms with E-state index in [0.29, 0.717) is 23.1 Å². The lowest BCUT2D eigenvalue weighted by Gasteiger charge is -2.16. The number of phenols is 2. The molecule has 0 amide bonds. The summed E-state index contributed by atoms with van der Waals surface area (Å²) in [6.07, 6.45) is 3.76. The Hall–Kier alpha value is -3.51. The number of phenolic OH excluding ortho intramolecular Hbond substituents is 2. The SMILES string of the molecule is COc1c(-c2ccc(C(C)O)cc2)oc2c(CC=C(C)C)c(O)c(CC=C(C)C)c(O)c2c1=O. The number of hydrogen-bond acceptors (Lipinski definition) is 6. The molecule has 0 fully saturated rings. The number of allylic oxidation sites excluding steroid dienone is 4. The van der Waals surface area contributed by atoms with E-state index in [1.54, 1.807) is 31.2 Å². The van der Waals surface area contributed by atoms with Crippen LogP contribution in [0.4, 0.5) is 0 Å². The average molecular weight is 465 g/mol. The lowest BCUT2D eigenvalue weighted by atomic mass is 9.96. The molecule has 3 N–H and O–H groups in total. The summed E-state index contributed by atoms with van der Waals surface area (Å²) in [5.74, 6) is -0.260. The molecule has 0 aliphatic rings. The summed E-state index contributed by atoms with van der Waals surface area (Å²) in [4.78, 5) is 13.5. The lowest BCUT2D eigenvalue weighted by molar-refractivity contribution is 0.199. The molecule has 34 heavy (non-hydrogen) atoms. The minimum atomic E-state index is -0.636. The molecule has 1 aromatic heterocycles. The standard InChI is InChI=1S/C28H32O6/c1-15(2)7-13-20-23(30)21(14-8-16(3)4)27-22(24(20)31)25(32)28(33-6)26(34-27)19-11-9-18(10-12-19)17(5)29/h7-12,17,29-31H,13-14H2,1-6H3. The van der Waals surface area contributed by atoms with Gasteiger partial charge < -0.3 is 24.5 Å². The number of benzene rings is 2. The van der Waals surface area contributed by atoms with E-state index in [4.69, 9.17) is 9.15 Å². The molecule has 3 rings (SSSR count). The van der Waals surface area contributed by atoms with Gasteiger partial charge in [-0.15, -0.1) is 0 Å². The Morgan fingerprint density at radius 1 is 0.971 bits per heavy atom. The van der Waals surface area contributed by atoms with Crippen LogP contribution in [-0.4, -0.2) is 22.4 Å². The predicted octanol–water partition coefficient (Wildman–Crippen LogP) is 5.95. The number of aromatic hydroxyl groups is 2. The van der Waals surface area contributed by atoms with Crippen molar-refractivity contribution < 1.29 is 24.5 Å². The van der Waals surface area contributed by atoms with Crippen molar-refractivity contribution in [3.05, 3.63) is 74.5 Å². The summed E-state index contributed by atoms with van der Waals surface area (Å²) < 4.78 is 11.6. The van der Waals surface area contributed by atoms with Crippen molar-refractivity contribution in [2.75, 3.05) is 7.11 Å². The van der Waals surface area contributed by atoms with Gasteiger partial charge in [0, 0.05) is 16.7 Å². The van der Waals surface area contributed by atoms with Crippen molar-refractivity contribution in [3.63, 3.8) is 0 Å². The third-order valence-corrected chi connectivity index (χ3v) is 5.73. The van der Waals surface area contributed by atoms with Gasteiger partial charge in [0.25, 0.3) is 0 Å². The van der Waals surface area contributed by atoms with Gasteiger partial charge in [0.2, 0.25) is 11.2 Å². The average Bonchev–Trinajstić information content (AvgIpc) is 2.78. The first kappa shape index (κ1) is 25.1. The van der Waals surface area contributed by atoms with E-state index in [0.717, 1.165) is 11.1 Å². The molecule has 0 aliphatic carbocycles. The molecule has 1 unspecified atom stereocenters. The highest BCUT2D eigenvalue weighted by molar-refractivity contribution is 5.93. The Labute approximate surface area is 199 Å². The molecule has 0 saturated carbocycles. The normalized spacial score (nSPS) is 11.9. The Morgan fingerprint density at radius 3 is 2.03 bits per heavy atom. The van der Waals surface area contributed by atoms with Crippen molar-refractivity contribution in [2.24, 2.45) is 0 Å². The Bertz CT molecular complexity index is 1320. The summed E-state index contributed by atoms with van der Waals surface area (Å²) >= 11 is 0. The number of hydrogen-bond donors (Lipinski definition) is 3. The second kappa shape index (κ2) is 10.2. The number of ether oxygens (including phenoxy) is 1. The number of methoxy groups -OCH3 is 1. The van der Waals surface area contributed by atoms with Gasteiger partial charge in [0.05, 0.1) is 13.2 Å². The Kier molecular flexibility index (Phi) is 7.52. The predicted molar refractivity (Wildman–Crippen MR) is 135 cm³/mol. The summed E-state index contributed by atoms with van der Waals surface area (Å²) in [6.45, 7) is 9.40. The zero-order chi connectivity index (χ0) is 25.2. The minimum Gasteiger partial charge on any atom is -0.507 e. The van der Waals surface area contributed by atoms with Crippen molar-refractivity contribution in [3.8, 4) is 28.6 Å². The maximum Gasteiger partial charge on any atom is 0.239 e. The van der Waals surface area contributed by atoms with Gasteiger partial charge in [-0.3, -0.25) is 4.79 Å². The highest BCUT2D eigenvalue weighted by atomic mass is 16.5. The van der Waals surface area contributed by atoms with Crippen molar-refractivity contribution >= 4 is 11.0 Å². The van der Waals surface area contributed by atoms with Crippen LogP contribution >= 0.6 is 0 Å². The van der Waals surface area contributed by atoms with Gasteiger partial charge in [0.15, 0.2) is 5.76 Å². The molecule has 180 valence electrons. The molecule has 1 heterocycles. The zero-order valence-corrected chi connectivity index (χ0v) is 20.5. The van der Waals surface area contributed by atoms with E-state index in [-0.39, 0.29) is 46.0 Å². The highest BCUT2D eigenvalue weighted by Crippen LogP contribution is 2.43. The van der Waals surface area contributed by atoms with Gasteiger partial charge in [-0.1, -0.05) is 47.6 Å². The van der Waals surface area contributed by atoms with E-state index in [2.05, 4.69) is 0 Å². The van der Waals surface area contributed by atoms with Crippen molar-refractivity contribution in [1.29, 1.82) is 0 Å². The van der Waals surface area contributed by atoms with Gasteiger partial charge in [-0.2, -0.15) is 0 Å². The van der Waals surface area contributed by atoms with E-state index in [1.807, 2.05) is 39.8 Å². The fourth-order valence-electron chi connectivity index (χ4n) is 3.78. The smallest absolute Gasteiger partial charge is 0.239 e. The van der Waals surface area contributed by atoms with Crippen LogP contribution < -0.4 is 10.2 Å². The van der Waals surface area contributed by atoms with Crippen molar-refractivity contribution in [2.45, 2.75) is 53.6 Å². The molecule has 0 saturated heterocycles. The molecule has 0 bridgehead atoms. The molecule has 0 aliphatic heterocycles. The molecule has 1 atom stereocenters. The number of rotatable bonds is 7. The zero-order valence-electron chi connectivity index (χ0n) is 20.5. The van der Waals surface area contributed by atoms with Crippen LogP contribution in [0.2, 0.25) is 0 Å². The topological polar surface area (TPSA) is 100 Å². The van der Waals surface area contributed by atoms with E-state index >= 15 is 0 Å². The molecular formula is C28H32O6. The highest BCUT2D eigenvalue weighted by Gasteiger charge is 2.26. The number of fused-ring (bicyclic) bond motifs is 1. The summed E-state index contributed by atoms with van der Waals surface area (Å²) in [7, 11) is 1.37. The Balaban J connectivity index is 2.41. The summed E-state index contributed by atoms with van der Waals surface area (Å²) in [5.41, 5.74) is 3.64. The van der Waals surface area contributed by atoms with Crippen LogP contribution in [0.3, 0.4) is 0 Å². The fraction of sp³-hybridized carbons (Fsp3) is 0.321. The van der Waals surface area contributed by atoms with Crippen LogP contribution in [0.25, 0.3) is 22.3 Å². The second-order valence-corrected chi connectivity index (χ2v) is 8.92. The van der Waals surface area contributed by atoms with Crippen LogP contribution in [0.5, 0.6) is 17.2 Å². The first-order valence-corrected chi connectivity index (χ1v) is 11.2. The third-order valence-electron chi connectivity index (χ3n) is 5.73. The third kappa shape index (κ3) is 4.87. The lowest BCUT2D eigenvalue weighted by Crippen LogP contribution is -2.10. The minimum absolute atomic E-state index is 0.0201. The van der Waals surface area contributed by atoms with Crippen LogP contribution in [-0.2, 0) is 12.8 Å². The van der Waals surface area contributed by atoms with E-state index < -0.39 is 11.5 Å². The molecule has 0 spiro atoms. The van der Waals surface area contributed by atoms with Gasteiger partial charge >= 0.3 is 0 Å². The fourth-order valence-corrected chi connectivity index (χ4v) is 3.78. The van der Waals surface area contributed by atoms with Crippen LogP contribution in [0.15, 0.2) is 56.8 Å². The number of aliphatic hydroxyl groups is 1. The van der Waals surface area contributed by atoms with Gasteiger partial charge in [0.1, 0.15) is 22.5 Å². The van der Waals surface area contributed by atoms with Gasteiger partial charge in [-0.25, -0.2) is 0 Å². The molecule has 2 aromatic carbocycles. The monoisotopic (exact) mass is 464 g/mol. The van der Waals surface area contributed by atoms with Crippen LogP contribution in [0.1, 0.15) is 57.4 Å². The molecule has 0 radical (unpaired) electrons. The second-order valence-electron chi connectivity index (χ2n) is 8.92. The maximum absolute atomic E-state index is 13.5. The maximum atomic E-state index is 13.5. The molecule has 6 heteroatoms. The van der Waals surface area contributed by atoms with E-state index in [9.17, 15) is 20.1 Å². The Morgan fingerprint density at radius 2 is 1.53 bits per heavy atom. The quantitative estimate of drug-likeness (QED) is 0.374. The summed E-state index contributed by atoms with van der Waals surface area (Å²) in [5, 5.41) is 32.0. The number of aliphatic hydroxyl groups excluding tert-OH is 1. The molecule has 6 nitrogen and oxygen atoms in total. The largest absolute Gasteiger partial charge is 0.507 e. The molecule has 3 aromatic rings. The summed E-state index contributed by atoms with van der Waals surface area (Å²) in [6, 6.07) is 6.94. The van der Waals surface area contributed by atoms with Crippen LogP contribution in [0, 0.1) is 0 Å². The first-order valence-electron chi connectivity index (χ1n) is 11.2. The molecular weight excluding hydrogens is 432 g/mol.